The lowest BCUT2D eigenvalue weighted by atomic mass is 9.64. The van der Waals surface area contributed by atoms with Gasteiger partial charge in [-0.25, -0.2) is 4.98 Å². The van der Waals surface area contributed by atoms with Crippen LogP contribution in [0, 0.1) is 35.5 Å². The van der Waals surface area contributed by atoms with E-state index in [4.69, 9.17) is 54.5 Å². The Bertz CT molecular complexity index is 1930. The van der Waals surface area contributed by atoms with Crippen LogP contribution in [0.15, 0.2) is 29.8 Å². The Morgan fingerprint density at radius 1 is 0.921 bits per heavy atom. The molecule has 18 atom stereocenters. The molecular formula is C48H70ClN3O10S. The molecule has 350 valence electrons. The summed E-state index contributed by atoms with van der Waals surface area (Å²) in [6.07, 6.45) is 6.27. The summed E-state index contributed by atoms with van der Waals surface area (Å²) in [5, 5.41) is 5.31. The molecule has 4 heterocycles. The van der Waals surface area contributed by atoms with Crippen LogP contribution in [0.4, 0.5) is 5.13 Å². The van der Waals surface area contributed by atoms with E-state index in [-0.39, 0.29) is 103 Å². The van der Waals surface area contributed by atoms with E-state index in [0.717, 1.165) is 65.9 Å². The summed E-state index contributed by atoms with van der Waals surface area (Å²) in [6.45, 7) is 8.17. The van der Waals surface area contributed by atoms with Crippen LogP contribution < -0.4 is 5.32 Å². The molecular weight excluding hydrogens is 846 g/mol. The first-order valence-corrected chi connectivity index (χ1v) is 24.6. The quantitative estimate of drug-likeness (QED) is 0.218. The maximum absolute atomic E-state index is 15.3. The number of carbonyl (C=O) groups excluding carboxylic acids is 2. The number of thiazole rings is 1. The van der Waals surface area contributed by atoms with Gasteiger partial charge in [0.1, 0.15) is 24.4 Å². The van der Waals surface area contributed by atoms with Crippen molar-refractivity contribution in [3.05, 3.63) is 34.9 Å². The fourth-order valence-electron chi connectivity index (χ4n) is 12.3. The maximum atomic E-state index is 15.3. The number of Topliss-reactive ketones (excluding diaryl/α,β-unsaturated/α-hetero) is 1. The molecule has 6 aliphatic rings. The molecule has 0 amide bonds. The van der Waals surface area contributed by atoms with Gasteiger partial charge in [0.25, 0.3) is 0 Å². The van der Waals surface area contributed by atoms with Crippen molar-refractivity contribution in [2.45, 2.75) is 165 Å². The molecule has 1 N–H and O–H groups in total. The van der Waals surface area contributed by atoms with Crippen LogP contribution in [0.5, 0.6) is 0 Å². The summed E-state index contributed by atoms with van der Waals surface area (Å²) in [7, 11) is 9.16. The molecule has 3 aliphatic heterocycles. The lowest BCUT2D eigenvalue weighted by Gasteiger charge is -2.44. The first kappa shape index (κ1) is 47.3. The third-order valence-electron chi connectivity index (χ3n) is 15.5. The molecule has 1 aromatic heterocycles. The molecule has 3 saturated heterocycles. The van der Waals surface area contributed by atoms with E-state index in [9.17, 15) is 4.79 Å². The van der Waals surface area contributed by atoms with E-state index in [1.165, 1.54) is 0 Å². The number of cyclic esters (lactones) is 1. The summed E-state index contributed by atoms with van der Waals surface area (Å²) >= 11 is 8.20. The second kappa shape index (κ2) is 20.3. The van der Waals surface area contributed by atoms with Gasteiger partial charge in [0.15, 0.2) is 23.5 Å². The Morgan fingerprint density at radius 3 is 2.40 bits per heavy atom. The third kappa shape index (κ3) is 9.78. The number of ether oxygens (including phenoxy) is 8. The molecule has 4 unspecified atom stereocenters. The molecule has 15 heteroatoms. The number of allylic oxidation sites excluding steroid dienone is 2. The zero-order valence-corrected chi connectivity index (χ0v) is 40.1. The zero-order valence-electron chi connectivity index (χ0n) is 38.5. The van der Waals surface area contributed by atoms with Crippen LogP contribution >= 0.6 is 22.9 Å². The Hall–Kier alpha value is -2.24. The number of halogens is 1. The Kier molecular flexibility index (Phi) is 15.2. The van der Waals surface area contributed by atoms with E-state index in [2.05, 4.69) is 44.2 Å². The standard InChI is InChI=1S/C48H70ClN3O10S/c1-10-28-13-11-16-38(62-40-18-17-37(52(5)6)25(3)58-40)24(2)42(54)33-22-31-30-21-29(61-47-45(57-9)44(56-8)43(55-7)26(4)59-47)19-27(30)20-36(41(31)32(33)23-39(53)60-28)51-48-50-35-15-12-14-34(49)46(35)63-48/h12,14-15,22,24-32,36-38,40-41,43-45,47H,10-11,13,16-21,23H2,1-9H3,(H,50,51)/t24-,25?,26?,27+,28+,29-,30-,31+,32-,36+,37+,38+,40+,41-,43+,44?,45?,47+/m1/s1. The largest absolute Gasteiger partial charge is 0.462 e. The molecule has 0 radical (unpaired) electrons. The van der Waals surface area contributed by atoms with Gasteiger partial charge in [0, 0.05) is 45.2 Å². The smallest absolute Gasteiger partial charge is 0.306 e. The molecule has 1 aromatic carbocycles. The van der Waals surface area contributed by atoms with Crippen molar-refractivity contribution >= 4 is 50.0 Å². The third-order valence-corrected chi connectivity index (χ3v) is 16.9. The molecule has 0 spiro atoms. The lowest BCUT2D eigenvalue weighted by molar-refractivity contribution is -0.314. The van der Waals surface area contributed by atoms with Crippen molar-refractivity contribution in [1.82, 2.24) is 9.88 Å². The van der Waals surface area contributed by atoms with E-state index >= 15 is 4.79 Å². The number of methoxy groups -OCH3 is 3. The van der Waals surface area contributed by atoms with E-state index < -0.39 is 18.3 Å². The summed E-state index contributed by atoms with van der Waals surface area (Å²) in [5.74, 6) is -0.575. The van der Waals surface area contributed by atoms with Crippen molar-refractivity contribution in [3.8, 4) is 0 Å². The first-order chi connectivity index (χ1) is 30.3. The van der Waals surface area contributed by atoms with Gasteiger partial charge in [0.05, 0.1) is 46.1 Å². The Morgan fingerprint density at radius 2 is 1.70 bits per heavy atom. The van der Waals surface area contributed by atoms with Crippen molar-refractivity contribution in [3.63, 3.8) is 0 Å². The van der Waals surface area contributed by atoms with Gasteiger partial charge in [-0.1, -0.05) is 48.9 Å². The highest BCUT2D eigenvalue weighted by Gasteiger charge is 2.57. The number of carbonyl (C=O) groups is 2. The average Bonchev–Trinajstić information content (AvgIpc) is 3.97. The van der Waals surface area contributed by atoms with Gasteiger partial charge in [-0.3, -0.25) is 9.59 Å². The summed E-state index contributed by atoms with van der Waals surface area (Å²) in [5.41, 5.74) is 1.56. The second-order valence-corrected chi connectivity index (χ2v) is 20.7. The second-order valence-electron chi connectivity index (χ2n) is 19.3. The molecule has 0 bridgehead atoms. The predicted molar refractivity (Wildman–Crippen MR) is 242 cm³/mol. The van der Waals surface area contributed by atoms with Gasteiger partial charge in [-0.05, 0) is 127 Å². The number of hydrogen-bond acceptors (Lipinski definition) is 14. The minimum Gasteiger partial charge on any atom is -0.462 e. The van der Waals surface area contributed by atoms with Crippen molar-refractivity contribution in [2.24, 2.45) is 35.5 Å². The van der Waals surface area contributed by atoms with Gasteiger partial charge in [-0.2, -0.15) is 0 Å². The van der Waals surface area contributed by atoms with E-state index in [1.54, 1.807) is 32.7 Å². The van der Waals surface area contributed by atoms with Crippen molar-refractivity contribution in [2.75, 3.05) is 40.7 Å². The fourth-order valence-corrected chi connectivity index (χ4v) is 13.5. The summed E-state index contributed by atoms with van der Waals surface area (Å²) in [4.78, 5) is 36.5. The zero-order chi connectivity index (χ0) is 44.7. The fraction of sp³-hybridized carbons (Fsp3) is 0.771. The highest BCUT2D eigenvalue weighted by Crippen LogP contribution is 2.58. The minimum absolute atomic E-state index is 0.00254. The molecule has 13 nitrogen and oxygen atoms in total. The first-order valence-electron chi connectivity index (χ1n) is 23.5. The highest BCUT2D eigenvalue weighted by atomic mass is 35.5. The number of aromatic nitrogens is 1. The van der Waals surface area contributed by atoms with Crippen LogP contribution in [-0.4, -0.2) is 131 Å². The number of likely N-dealkylation sites (N-methyl/N-ethyl adjacent to an activating group) is 1. The molecule has 2 aromatic rings. The van der Waals surface area contributed by atoms with Crippen LogP contribution in [0.1, 0.15) is 91.9 Å². The number of esters is 1. The van der Waals surface area contributed by atoms with Crippen LogP contribution in [0.3, 0.4) is 0 Å². The maximum Gasteiger partial charge on any atom is 0.306 e. The van der Waals surface area contributed by atoms with Gasteiger partial charge < -0.3 is 48.1 Å². The van der Waals surface area contributed by atoms with Gasteiger partial charge in [-0.15, -0.1) is 0 Å². The van der Waals surface area contributed by atoms with Crippen LogP contribution in [-0.2, 0) is 47.5 Å². The topological polar surface area (TPSA) is 136 Å². The van der Waals surface area contributed by atoms with E-state index in [1.807, 2.05) is 32.0 Å². The van der Waals surface area contributed by atoms with Crippen molar-refractivity contribution < 1.29 is 47.5 Å². The number of hydrogen-bond donors (Lipinski definition) is 1. The SMILES string of the molecule is CC[C@H]1CCC[C@H](O[C@H]2CC[C@H](N(C)C)C(C)O2)[C@@H](C)C(=O)C2=C[C@H]3[C@@H]4C[C@H](O[C@@H]5OC(C)[C@H](OC)C(OC)C5OC)C[C@H]4C[C@H](Nc4nc5cccc(Cl)c5s4)[C@H]3[C@@H]2CC(=O)O1. The monoisotopic (exact) mass is 915 g/mol. The van der Waals surface area contributed by atoms with Crippen LogP contribution in [0.25, 0.3) is 10.2 Å². The average molecular weight is 917 g/mol. The Balaban J connectivity index is 1.11. The molecule has 8 rings (SSSR count). The number of anilines is 1. The lowest BCUT2D eigenvalue weighted by Crippen LogP contribution is -2.59. The summed E-state index contributed by atoms with van der Waals surface area (Å²) < 4.78 is 51.5. The number of nitrogens with one attached hydrogen (secondary N) is 1. The highest BCUT2D eigenvalue weighted by molar-refractivity contribution is 7.22. The van der Waals surface area contributed by atoms with Gasteiger partial charge >= 0.3 is 5.97 Å². The predicted octanol–water partition coefficient (Wildman–Crippen LogP) is 8.07. The van der Waals surface area contributed by atoms with Gasteiger partial charge in [0.2, 0.25) is 0 Å². The molecule has 3 aliphatic carbocycles. The van der Waals surface area contributed by atoms with Crippen molar-refractivity contribution in [1.29, 1.82) is 0 Å². The number of ketones is 1. The van der Waals surface area contributed by atoms with E-state index in [0.29, 0.717) is 23.9 Å². The normalized spacial score (nSPS) is 41.3. The molecule has 5 fully saturated rings. The number of rotatable bonds is 11. The summed E-state index contributed by atoms with van der Waals surface area (Å²) in [6, 6.07) is 6.00. The number of fused-ring (bicyclic) bond motifs is 6. The minimum atomic E-state index is -0.647. The molecule has 2 saturated carbocycles. The Labute approximate surface area is 382 Å². The van der Waals surface area contributed by atoms with Crippen LogP contribution in [0.2, 0.25) is 5.02 Å². The number of nitrogens with zero attached hydrogens (tertiary/aromatic N) is 2. The molecule has 63 heavy (non-hydrogen) atoms. The number of benzene rings is 1.